The molecule has 0 saturated heterocycles. The SMILES string of the molecule is Cc1cc(Cl)ncc1NC(=O)CC1(N)CCC1. The Labute approximate surface area is 106 Å². The normalized spacial score (nSPS) is 17.4. The van der Waals surface area contributed by atoms with Crippen molar-refractivity contribution in [1.29, 1.82) is 0 Å². The van der Waals surface area contributed by atoms with Crippen molar-refractivity contribution in [2.24, 2.45) is 5.73 Å². The molecule has 17 heavy (non-hydrogen) atoms. The zero-order chi connectivity index (χ0) is 12.5. The Morgan fingerprint density at radius 2 is 2.35 bits per heavy atom. The summed E-state index contributed by atoms with van der Waals surface area (Å²) in [6, 6.07) is 1.72. The van der Waals surface area contributed by atoms with E-state index in [1.807, 2.05) is 6.92 Å². The van der Waals surface area contributed by atoms with Crippen molar-refractivity contribution in [3.05, 3.63) is 23.0 Å². The molecule has 1 aliphatic carbocycles. The van der Waals surface area contributed by atoms with Crippen molar-refractivity contribution in [2.75, 3.05) is 5.32 Å². The quantitative estimate of drug-likeness (QED) is 0.812. The predicted octanol–water partition coefficient (Wildman–Crippen LogP) is 2.25. The van der Waals surface area contributed by atoms with Gasteiger partial charge in [-0.05, 0) is 37.8 Å². The summed E-state index contributed by atoms with van der Waals surface area (Å²) in [7, 11) is 0. The number of halogens is 1. The topological polar surface area (TPSA) is 68.0 Å². The van der Waals surface area contributed by atoms with Gasteiger partial charge in [0, 0.05) is 12.0 Å². The van der Waals surface area contributed by atoms with Gasteiger partial charge in [-0.15, -0.1) is 0 Å². The lowest BCUT2D eigenvalue weighted by Crippen LogP contribution is -2.48. The van der Waals surface area contributed by atoms with E-state index in [0.29, 0.717) is 17.3 Å². The Hall–Kier alpha value is -1.13. The van der Waals surface area contributed by atoms with E-state index in [1.165, 1.54) is 0 Å². The van der Waals surface area contributed by atoms with Crippen molar-refractivity contribution in [3.63, 3.8) is 0 Å². The van der Waals surface area contributed by atoms with E-state index in [-0.39, 0.29) is 11.4 Å². The van der Waals surface area contributed by atoms with Gasteiger partial charge >= 0.3 is 0 Å². The summed E-state index contributed by atoms with van der Waals surface area (Å²) in [6.45, 7) is 1.88. The number of carbonyl (C=O) groups excluding carboxylic acids is 1. The van der Waals surface area contributed by atoms with Crippen LogP contribution >= 0.6 is 11.6 Å². The molecule has 1 saturated carbocycles. The molecule has 1 aromatic heterocycles. The molecule has 0 spiro atoms. The molecule has 1 amide bonds. The number of hydrogen-bond donors (Lipinski definition) is 2. The fourth-order valence-electron chi connectivity index (χ4n) is 1.97. The van der Waals surface area contributed by atoms with Crippen LogP contribution < -0.4 is 11.1 Å². The highest BCUT2D eigenvalue weighted by Crippen LogP contribution is 2.32. The molecule has 4 nitrogen and oxygen atoms in total. The van der Waals surface area contributed by atoms with Crippen LogP contribution in [0.3, 0.4) is 0 Å². The van der Waals surface area contributed by atoms with Crippen molar-refractivity contribution in [1.82, 2.24) is 4.98 Å². The van der Waals surface area contributed by atoms with Crippen LogP contribution in [0.4, 0.5) is 5.69 Å². The molecular formula is C12H16ClN3O. The lowest BCUT2D eigenvalue weighted by atomic mass is 9.75. The van der Waals surface area contributed by atoms with Crippen LogP contribution in [0.15, 0.2) is 12.3 Å². The van der Waals surface area contributed by atoms with E-state index in [4.69, 9.17) is 17.3 Å². The second-order valence-electron chi connectivity index (χ2n) is 4.76. The third kappa shape index (κ3) is 2.96. The van der Waals surface area contributed by atoms with E-state index >= 15 is 0 Å². The van der Waals surface area contributed by atoms with Gasteiger partial charge in [0.2, 0.25) is 5.91 Å². The molecule has 0 bridgehead atoms. The van der Waals surface area contributed by atoms with Gasteiger partial charge in [-0.3, -0.25) is 4.79 Å². The number of anilines is 1. The highest BCUT2D eigenvalue weighted by atomic mass is 35.5. The van der Waals surface area contributed by atoms with E-state index in [1.54, 1.807) is 12.3 Å². The highest BCUT2D eigenvalue weighted by Gasteiger charge is 2.34. The van der Waals surface area contributed by atoms with Gasteiger partial charge in [-0.1, -0.05) is 11.6 Å². The molecule has 1 fully saturated rings. The Balaban J connectivity index is 1.98. The second kappa shape index (κ2) is 4.63. The maximum absolute atomic E-state index is 11.8. The van der Waals surface area contributed by atoms with Crippen LogP contribution in [0.1, 0.15) is 31.2 Å². The van der Waals surface area contributed by atoms with Gasteiger partial charge in [-0.25, -0.2) is 4.98 Å². The van der Waals surface area contributed by atoms with E-state index < -0.39 is 0 Å². The highest BCUT2D eigenvalue weighted by molar-refractivity contribution is 6.29. The summed E-state index contributed by atoms with van der Waals surface area (Å²) in [4.78, 5) is 15.7. The first-order valence-corrected chi connectivity index (χ1v) is 6.07. The zero-order valence-corrected chi connectivity index (χ0v) is 10.5. The summed E-state index contributed by atoms with van der Waals surface area (Å²) in [5, 5.41) is 3.25. The number of aryl methyl sites for hydroxylation is 1. The summed E-state index contributed by atoms with van der Waals surface area (Å²) < 4.78 is 0. The van der Waals surface area contributed by atoms with Crippen molar-refractivity contribution < 1.29 is 4.79 Å². The molecule has 5 heteroatoms. The van der Waals surface area contributed by atoms with Crippen LogP contribution in [0, 0.1) is 6.92 Å². The Morgan fingerprint density at radius 3 is 2.88 bits per heavy atom. The van der Waals surface area contributed by atoms with Gasteiger partial charge < -0.3 is 11.1 Å². The summed E-state index contributed by atoms with van der Waals surface area (Å²) >= 11 is 5.75. The number of rotatable bonds is 3. The first-order valence-electron chi connectivity index (χ1n) is 5.69. The van der Waals surface area contributed by atoms with Crippen LogP contribution in [-0.4, -0.2) is 16.4 Å². The molecule has 1 aromatic rings. The Kier molecular flexibility index (Phi) is 3.35. The minimum absolute atomic E-state index is 0.0561. The summed E-state index contributed by atoms with van der Waals surface area (Å²) in [5.74, 6) is -0.0561. The molecule has 1 aliphatic rings. The molecule has 0 atom stereocenters. The van der Waals surface area contributed by atoms with E-state index in [9.17, 15) is 4.79 Å². The fourth-order valence-corrected chi connectivity index (χ4v) is 2.19. The third-order valence-electron chi connectivity index (χ3n) is 3.21. The Morgan fingerprint density at radius 1 is 1.65 bits per heavy atom. The number of aromatic nitrogens is 1. The minimum atomic E-state index is -0.294. The molecule has 3 N–H and O–H groups in total. The number of nitrogens with two attached hydrogens (primary N) is 1. The average molecular weight is 254 g/mol. The number of hydrogen-bond acceptors (Lipinski definition) is 3. The van der Waals surface area contributed by atoms with Crippen molar-refractivity contribution in [2.45, 2.75) is 38.1 Å². The number of amides is 1. The monoisotopic (exact) mass is 253 g/mol. The molecule has 0 aromatic carbocycles. The summed E-state index contributed by atoms with van der Waals surface area (Å²) in [6.07, 6.45) is 4.91. The zero-order valence-electron chi connectivity index (χ0n) is 9.79. The third-order valence-corrected chi connectivity index (χ3v) is 3.42. The van der Waals surface area contributed by atoms with Crippen LogP contribution in [0.2, 0.25) is 5.15 Å². The number of pyridine rings is 1. The first-order chi connectivity index (χ1) is 7.98. The lowest BCUT2D eigenvalue weighted by molar-refractivity contribution is -0.118. The molecule has 0 unspecified atom stereocenters. The lowest BCUT2D eigenvalue weighted by Gasteiger charge is -2.37. The number of nitrogens with one attached hydrogen (secondary N) is 1. The maximum Gasteiger partial charge on any atom is 0.226 e. The van der Waals surface area contributed by atoms with Crippen molar-refractivity contribution >= 4 is 23.2 Å². The molecule has 92 valence electrons. The van der Waals surface area contributed by atoms with Gasteiger partial charge in [-0.2, -0.15) is 0 Å². The summed E-state index contributed by atoms with van der Waals surface area (Å²) in [5.41, 5.74) is 7.33. The molecule has 1 heterocycles. The Bertz CT molecular complexity index is 443. The van der Waals surface area contributed by atoms with Gasteiger partial charge in [0.15, 0.2) is 0 Å². The van der Waals surface area contributed by atoms with Gasteiger partial charge in [0.25, 0.3) is 0 Å². The van der Waals surface area contributed by atoms with E-state index in [0.717, 1.165) is 24.8 Å². The smallest absolute Gasteiger partial charge is 0.226 e. The number of carbonyl (C=O) groups is 1. The molecule has 0 aliphatic heterocycles. The molecular weight excluding hydrogens is 238 g/mol. The predicted molar refractivity (Wildman–Crippen MR) is 68.0 cm³/mol. The molecule has 2 rings (SSSR count). The van der Waals surface area contributed by atoms with Gasteiger partial charge in [0.1, 0.15) is 5.15 Å². The molecule has 0 radical (unpaired) electrons. The average Bonchev–Trinajstić information content (AvgIpc) is 2.20. The maximum atomic E-state index is 11.8. The number of nitrogens with zero attached hydrogens (tertiary/aromatic N) is 1. The fraction of sp³-hybridized carbons (Fsp3) is 0.500. The van der Waals surface area contributed by atoms with E-state index in [2.05, 4.69) is 10.3 Å². The minimum Gasteiger partial charge on any atom is -0.325 e. The second-order valence-corrected chi connectivity index (χ2v) is 5.15. The van der Waals surface area contributed by atoms with Gasteiger partial charge in [0.05, 0.1) is 11.9 Å². The standard InChI is InChI=1S/C12H16ClN3O/c1-8-5-10(13)15-7-9(8)16-11(17)6-12(14)3-2-4-12/h5,7H,2-4,6,14H2,1H3,(H,16,17). The van der Waals surface area contributed by atoms with Crippen LogP contribution in [0.25, 0.3) is 0 Å². The van der Waals surface area contributed by atoms with Crippen LogP contribution in [0.5, 0.6) is 0 Å². The largest absolute Gasteiger partial charge is 0.325 e. The first kappa shape index (κ1) is 12.3. The van der Waals surface area contributed by atoms with Crippen molar-refractivity contribution in [3.8, 4) is 0 Å². The van der Waals surface area contributed by atoms with Crippen LogP contribution in [-0.2, 0) is 4.79 Å².